The molecule has 0 saturated carbocycles. The van der Waals surface area contributed by atoms with E-state index in [9.17, 15) is 0 Å². The SMILES string of the molecule is CCOc1cc(C(N)CO)ccc1Cl. The van der Waals surface area contributed by atoms with E-state index in [1.54, 1.807) is 18.2 Å². The van der Waals surface area contributed by atoms with Crippen molar-refractivity contribution in [1.29, 1.82) is 0 Å². The quantitative estimate of drug-likeness (QED) is 0.805. The summed E-state index contributed by atoms with van der Waals surface area (Å²) in [5, 5.41) is 9.44. The third-order valence-corrected chi connectivity index (χ3v) is 2.19. The van der Waals surface area contributed by atoms with Crippen molar-refractivity contribution in [2.24, 2.45) is 5.73 Å². The molecule has 1 aromatic rings. The van der Waals surface area contributed by atoms with Gasteiger partial charge in [-0.05, 0) is 24.6 Å². The van der Waals surface area contributed by atoms with Crippen LogP contribution in [0.15, 0.2) is 18.2 Å². The number of hydrogen-bond donors (Lipinski definition) is 2. The molecule has 0 aliphatic heterocycles. The van der Waals surface area contributed by atoms with Crippen molar-refractivity contribution in [3.8, 4) is 5.75 Å². The molecular weight excluding hydrogens is 202 g/mol. The Kier molecular flexibility index (Phi) is 4.20. The Morgan fingerprint density at radius 3 is 2.86 bits per heavy atom. The predicted octanol–water partition coefficient (Wildman–Crippen LogP) is 1.73. The van der Waals surface area contributed by atoms with Gasteiger partial charge in [0, 0.05) is 0 Å². The van der Waals surface area contributed by atoms with Crippen molar-refractivity contribution in [1.82, 2.24) is 0 Å². The summed E-state index contributed by atoms with van der Waals surface area (Å²) in [6.45, 7) is 2.35. The van der Waals surface area contributed by atoms with Crippen LogP contribution in [0.1, 0.15) is 18.5 Å². The monoisotopic (exact) mass is 215 g/mol. The first-order chi connectivity index (χ1) is 6.69. The minimum absolute atomic E-state index is 0.0901. The molecular formula is C10H14ClNO2. The molecule has 1 rings (SSSR count). The zero-order valence-electron chi connectivity index (χ0n) is 8.03. The van der Waals surface area contributed by atoms with Crippen LogP contribution in [-0.4, -0.2) is 18.3 Å². The van der Waals surface area contributed by atoms with Gasteiger partial charge < -0.3 is 15.6 Å². The molecule has 14 heavy (non-hydrogen) atoms. The lowest BCUT2D eigenvalue weighted by atomic mass is 10.1. The van der Waals surface area contributed by atoms with Crippen LogP contribution in [0.5, 0.6) is 5.75 Å². The maximum Gasteiger partial charge on any atom is 0.138 e. The summed E-state index contributed by atoms with van der Waals surface area (Å²) in [5.74, 6) is 0.607. The summed E-state index contributed by atoms with van der Waals surface area (Å²) in [6.07, 6.45) is 0. The first kappa shape index (κ1) is 11.3. The van der Waals surface area contributed by atoms with Gasteiger partial charge in [0.15, 0.2) is 0 Å². The average Bonchev–Trinajstić information content (AvgIpc) is 2.20. The van der Waals surface area contributed by atoms with E-state index >= 15 is 0 Å². The van der Waals surface area contributed by atoms with Crippen LogP contribution in [0.2, 0.25) is 5.02 Å². The molecule has 3 N–H and O–H groups in total. The highest BCUT2D eigenvalue weighted by molar-refractivity contribution is 6.32. The summed E-state index contributed by atoms with van der Waals surface area (Å²) in [7, 11) is 0. The second kappa shape index (κ2) is 5.20. The van der Waals surface area contributed by atoms with Gasteiger partial charge >= 0.3 is 0 Å². The van der Waals surface area contributed by atoms with Gasteiger partial charge in [0.1, 0.15) is 5.75 Å². The van der Waals surface area contributed by atoms with Crippen LogP contribution in [0, 0.1) is 0 Å². The molecule has 1 atom stereocenters. The molecule has 0 amide bonds. The Hall–Kier alpha value is -0.770. The van der Waals surface area contributed by atoms with Crippen molar-refractivity contribution in [3.63, 3.8) is 0 Å². The molecule has 0 fully saturated rings. The normalized spacial score (nSPS) is 12.6. The lowest BCUT2D eigenvalue weighted by molar-refractivity contribution is 0.267. The van der Waals surface area contributed by atoms with Crippen molar-refractivity contribution in [2.45, 2.75) is 13.0 Å². The molecule has 4 heteroatoms. The van der Waals surface area contributed by atoms with Gasteiger partial charge in [-0.2, -0.15) is 0 Å². The maximum absolute atomic E-state index is 8.88. The molecule has 0 saturated heterocycles. The molecule has 1 unspecified atom stereocenters. The molecule has 78 valence electrons. The van der Waals surface area contributed by atoms with Gasteiger partial charge in [0.2, 0.25) is 0 Å². The molecule has 1 aromatic carbocycles. The van der Waals surface area contributed by atoms with Gasteiger partial charge in [0.25, 0.3) is 0 Å². The number of aliphatic hydroxyl groups is 1. The van der Waals surface area contributed by atoms with Crippen molar-refractivity contribution in [3.05, 3.63) is 28.8 Å². The summed E-state index contributed by atoms with van der Waals surface area (Å²) in [6, 6.07) is 4.88. The van der Waals surface area contributed by atoms with E-state index in [0.29, 0.717) is 17.4 Å². The number of aliphatic hydroxyl groups excluding tert-OH is 1. The highest BCUT2D eigenvalue weighted by atomic mass is 35.5. The molecule has 0 bridgehead atoms. The maximum atomic E-state index is 8.88. The van der Waals surface area contributed by atoms with Crippen LogP contribution in [0.25, 0.3) is 0 Å². The topological polar surface area (TPSA) is 55.5 Å². The smallest absolute Gasteiger partial charge is 0.138 e. The molecule has 0 heterocycles. The van der Waals surface area contributed by atoms with Gasteiger partial charge in [-0.25, -0.2) is 0 Å². The first-order valence-corrected chi connectivity index (χ1v) is 4.85. The largest absolute Gasteiger partial charge is 0.492 e. The fourth-order valence-electron chi connectivity index (χ4n) is 1.12. The van der Waals surface area contributed by atoms with Crippen LogP contribution in [-0.2, 0) is 0 Å². The Bertz CT molecular complexity index is 304. The number of nitrogens with two attached hydrogens (primary N) is 1. The van der Waals surface area contributed by atoms with E-state index in [2.05, 4.69) is 0 Å². The van der Waals surface area contributed by atoms with E-state index in [4.69, 9.17) is 27.2 Å². The Balaban J connectivity index is 2.93. The van der Waals surface area contributed by atoms with Crippen LogP contribution in [0.4, 0.5) is 0 Å². The fourth-order valence-corrected chi connectivity index (χ4v) is 1.29. The average molecular weight is 216 g/mol. The third kappa shape index (κ3) is 2.61. The molecule has 3 nitrogen and oxygen atoms in total. The number of benzene rings is 1. The van der Waals surface area contributed by atoms with E-state index in [0.717, 1.165) is 5.56 Å². The number of rotatable bonds is 4. The highest BCUT2D eigenvalue weighted by Gasteiger charge is 2.08. The number of hydrogen-bond acceptors (Lipinski definition) is 3. The third-order valence-electron chi connectivity index (χ3n) is 1.88. The molecule has 0 aliphatic rings. The Labute approximate surface area is 88.4 Å². The minimum atomic E-state index is -0.383. The van der Waals surface area contributed by atoms with E-state index in [1.807, 2.05) is 6.92 Å². The molecule has 0 radical (unpaired) electrons. The number of ether oxygens (including phenoxy) is 1. The fraction of sp³-hybridized carbons (Fsp3) is 0.400. The van der Waals surface area contributed by atoms with Crippen LogP contribution >= 0.6 is 11.6 Å². The van der Waals surface area contributed by atoms with Crippen LogP contribution < -0.4 is 10.5 Å². The molecule has 0 aromatic heterocycles. The Morgan fingerprint density at radius 1 is 1.57 bits per heavy atom. The summed E-state index contributed by atoms with van der Waals surface area (Å²) >= 11 is 5.89. The van der Waals surface area contributed by atoms with E-state index in [-0.39, 0.29) is 12.6 Å². The summed E-state index contributed by atoms with van der Waals surface area (Å²) < 4.78 is 5.30. The van der Waals surface area contributed by atoms with E-state index in [1.165, 1.54) is 0 Å². The van der Waals surface area contributed by atoms with Crippen molar-refractivity contribution >= 4 is 11.6 Å². The molecule has 0 aliphatic carbocycles. The lowest BCUT2D eigenvalue weighted by Gasteiger charge is -2.11. The first-order valence-electron chi connectivity index (χ1n) is 4.47. The van der Waals surface area contributed by atoms with Gasteiger partial charge in [-0.15, -0.1) is 0 Å². The minimum Gasteiger partial charge on any atom is -0.492 e. The zero-order valence-corrected chi connectivity index (χ0v) is 8.79. The predicted molar refractivity (Wildman–Crippen MR) is 56.6 cm³/mol. The highest BCUT2D eigenvalue weighted by Crippen LogP contribution is 2.27. The van der Waals surface area contributed by atoms with Gasteiger partial charge in [-0.1, -0.05) is 17.7 Å². The molecule has 0 spiro atoms. The summed E-state index contributed by atoms with van der Waals surface area (Å²) in [5.41, 5.74) is 6.48. The summed E-state index contributed by atoms with van der Waals surface area (Å²) in [4.78, 5) is 0. The van der Waals surface area contributed by atoms with Gasteiger partial charge in [-0.3, -0.25) is 0 Å². The van der Waals surface area contributed by atoms with Crippen molar-refractivity contribution in [2.75, 3.05) is 13.2 Å². The Morgan fingerprint density at radius 2 is 2.29 bits per heavy atom. The van der Waals surface area contributed by atoms with Gasteiger partial charge in [0.05, 0.1) is 24.3 Å². The lowest BCUT2D eigenvalue weighted by Crippen LogP contribution is -2.14. The standard InChI is InChI=1S/C10H14ClNO2/c1-2-14-10-5-7(9(12)6-13)3-4-8(10)11/h3-5,9,13H,2,6,12H2,1H3. The second-order valence-corrected chi connectivity index (χ2v) is 3.32. The second-order valence-electron chi connectivity index (χ2n) is 2.91. The number of halogens is 1. The zero-order chi connectivity index (χ0) is 10.6. The van der Waals surface area contributed by atoms with E-state index < -0.39 is 0 Å². The van der Waals surface area contributed by atoms with Crippen LogP contribution in [0.3, 0.4) is 0 Å². The van der Waals surface area contributed by atoms with Crippen molar-refractivity contribution < 1.29 is 9.84 Å².